The third-order valence-corrected chi connectivity index (χ3v) is 4.91. The fourth-order valence-corrected chi connectivity index (χ4v) is 3.89. The molecule has 1 heterocycles. The number of carboxylic acids is 1. The molecule has 4 nitrogen and oxygen atoms in total. The third-order valence-electron chi connectivity index (χ3n) is 3.72. The normalized spacial score (nSPS) is 25.7. The average molecular weight is 293 g/mol. The molecule has 5 heteroatoms. The lowest BCUT2D eigenvalue weighted by Crippen LogP contribution is -2.50. The van der Waals surface area contributed by atoms with Crippen LogP contribution in [-0.4, -0.2) is 39.2 Å². The molecule has 1 amide bonds. The van der Waals surface area contributed by atoms with Gasteiger partial charge in [-0.1, -0.05) is 25.1 Å². The molecule has 1 aliphatic rings. The molecule has 0 saturated carbocycles. The van der Waals surface area contributed by atoms with Crippen molar-refractivity contribution in [2.24, 2.45) is 0 Å². The van der Waals surface area contributed by atoms with Crippen molar-refractivity contribution in [2.75, 3.05) is 6.54 Å². The second-order valence-electron chi connectivity index (χ2n) is 5.19. The van der Waals surface area contributed by atoms with E-state index in [4.69, 9.17) is 0 Å². The van der Waals surface area contributed by atoms with E-state index in [9.17, 15) is 14.7 Å². The first-order chi connectivity index (χ1) is 9.47. The molecule has 0 aliphatic carbocycles. The van der Waals surface area contributed by atoms with Gasteiger partial charge in [-0.2, -0.15) is 0 Å². The zero-order valence-electron chi connectivity index (χ0n) is 11.7. The third kappa shape index (κ3) is 2.82. The highest BCUT2D eigenvalue weighted by atomic mass is 32.2. The molecule has 2 atom stereocenters. The number of carboxylic acid groups (broad SMARTS) is 1. The molecular weight excluding hydrogens is 274 g/mol. The van der Waals surface area contributed by atoms with E-state index in [-0.39, 0.29) is 11.2 Å². The van der Waals surface area contributed by atoms with Gasteiger partial charge < -0.3 is 10.0 Å². The molecule has 1 aromatic rings. The van der Waals surface area contributed by atoms with Gasteiger partial charge >= 0.3 is 5.97 Å². The number of thioether (sulfide) groups is 1. The topological polar surface area (TPSA) is 57.6 Å². The molecule has 2 unspecified atom stereocenters. The van der Waals surface area contributed by atoms with Crippen molar-refractivity contribution in [2.45, 2.75) is 42.4 Å². The van der Waals surface area contributed by atoms with E-state index in [1.807, 2.05) is 30.3 Å². The van der Waals surface area contributed by atoms with E-state index >= 15 is 0 Å². The summed E-state index contributed by atoms with van der Waals surface area (Å²) in [6.45, 7) is 3.91. The number of benzene rings is 1. The van der Waals surface area contributed by atoms with Crippen LogP contribution in [0, 0.1) is 0 Å². The summed E-state index contributed by atoms with van der Waals surface area (Å²) in [4.78, 5) is 26.2. The quantitative estimate of drug-likeness (QED) is 0.927. The Morgan fingerprint density at radius 1 is 1.40 bits per heavy atom. The molecule has 0 spiro atoms. The number of nitrogens with zero attached hydrogens (tertiary/aromatic N) is 1. The number of hydrogen-bond donors (Lipinski definition) is 1. The van der Waals surface area contributed by atoms with Gasteiger partial charge in [-0.25, -0.2) is 4.79 Å². The molecule has 0 radical (unpaired) electrons. The summed E-state index contributed by atoms with van der Waals surface area (Å²) >= 11 is 1.65. The summed E-state index contributed by atoms with van der Waals surface area (Å²) < 4.78 is 0. The number of carbonyl (C=O) groups is 2. The predicted molar refractivity (Wildman–Crippen MR) is 78.7 cm³/mol. The van der Waals surface area contributed by atoms with Crippen LogP contribution in [0.3, 0.4) is 0 Å². The van der Waals surface area contributed by atoms with Crippen molar-refractivity contribution < 1.29 is 14.7 Å². The highest BCUT2D eigenvalue weighted by Crippen LogP contribution is 2.38. The largest absolute Gasteiger partial charge is 0.480 e. The maximum atomic E-state index is 12.0. The molecule has 108 valence electrons. The molecule has 1 aliphatic heterocycles. The van der Waals surface area contributed by atoms with Gasteiger partial charge in [0.05, 0.1) is 0 Å². The lowest BCUT2D eigenvalue weighted by molar-refractivity contribution is -0.155. The summed E-state index contributed by atoms with van der Waals surface area (Å²) in [5.41, 5.74) is -1.08. The van der Waals surface area contributed by atoms with Gasteiger partial charge in [-0.3, -0.25) is 4.79 Å². The second kappa shape index (κ2) is 5.87. The number of likely N-dealkylation sites (tertiary alicyclic amines) is 1. The lowest BCUT2D eigenvalue weighted by Gasteiger charge is -2.30. The SMILES string of the molecule is CCC(=O)N1CC(Sc2ccccc2)CC1(C)C(=O)O. The molecule has 1 saturated heterocycles. The minimum absolute atomic E-state index is 0.0916. The van der Waals surface area contributed by atoms with Crippen molar-refractivity contribution in [3.63, 3.8) is 0 Å². The number of rotatable bonds is 4. The average Bonchev–Trinajstić information content (AvgIpc) is 2.77. The predicted octanol–water partition coefficient (Wildman–Crippen LogP) is 2.63. The number of amides is 1. The van der Waals surface area contributed by atoms with Crippen LogP contribution in [0.15, 0.2) is 35.2 Å². The highest BCUT2D eigenvalue weighted by molar-refractivity contribution is 8.00. The Morgan fingerprint density at radius 3 is 2.60 bits per heavy atom. The van der Waals surface area contributed by atoms with E-state index in [0.717, 1.165) is 4.90 Å². The zero-order valence-corrected chi connectivity index (χ0v) is 12.5. The highest BCUT2D eigenvalue weighted by Gasteiger charge is 2.49. The standard InChI is InChI=1S/C15H19NO3S/c1-3-13(17)16-10-12(9-15(16,2)14(18)19)20-11-7-5-4-6-8-11/h4-8,12H,3,9-10H2,1-2H3,(H,18,19). The molecule has 20 heavy (non-hydrogen) atoms. The van der Waals surface area contributed by atoms with E-state index in [0.29, 0.717) is 19.4 Å². The van der Waals surface area contributed by atoms with Crippen LogP contribution in [0.5, 0.6) is 0 Å². The summed E-state index contributed by atoms with van der Waals surface area (Å²) in [5.74, 6) is -1.01. The van der Waals surface area contributed by atoms with Gasteiger partial charge in [0.25, 0.3) is 0 Å². The maximum absolute atomic E-state index is 12.0. The summed E-state index contributed by atoms with van der Waals surface area (Å²) in [5, 5.41) is 9.59. The smallest absolute Gasteiger partial charge is 0.329 e. The Morgan fingerprint density at radius 2 is 2.05 bits per heavy atom. The fourth-order valence-electron chi connectivity index (χ4n) is 2.56. The summed E-state index contributed by atoms with van der Waals surface area (Å²) in [6.07, 6.45) is 0.819. The fraction of sp³-hybridized carbons (Fsp3) is 0.467. The van der Waals surface area contributed by atoms with Crippen molar-refractivity contribution >= 4 is 23.6 Å². The van der Waals surface area contributed by atoms with E-state index in [1.54, 1.807) is 25.6 Å². The van der Waals surface area contributed by atoms with Crippen LogP contribution in [-0.2, 0) is 9.59 Å². The first-order valence-corrected chi connectivity index (χ1v) is 7.61. The minimum atomic E-state index is -1.08. The van der Waals surface area contributed by atoms with Gasteiger partial charge in [-0.05, 0) is 25.5 Å². The first-order valence-electron chi connectivity index (χ1n) is 6.73. The van der Waals surface area contributed by atoms with Crippen LogP contribution in [0.25, 0.3) is 0 Å². The van der Waals surface area contributed by atoms with Crippen LogP contribution < -0.4 is 0 Å². The van der Waals surface area contributed by atoms with Gasteiger partial charge in [0, 0.05) is 23.1 Å². The Bertz CT molecular complexity index is 505. The van der Waals surface area contributed by atoms with Gasteiger partial charge in [0.1, 0.15) is 5.54 Å². The first kappa shape index (κ1) is 14.9. The Labute approximate surface area is 123 Å². The van der Waals surface area contributed by atoms with Crippen molar-refractivity contribution in [3.8, 4) is 0 Å². The van der Waals surface area contributed by atoms with Crippen molar-refractivity contribution in [1.82, 2.24) is 4.90 Å². The van der Waals surface area contributed by atoms with Crippen molar-refractivity contribution in [3.05, 3.63) is 30.3 Å². The Kier molecular flexibility index (Phi) is 4.38. The Hall–Kier alpha value is -1.49. The van der Waals surface area contributed by atoms with E-state index in [2.05, 4.69) is 0 Å². The number of hydrogen-bond acceptors (Lipinski definition) is 3. The van der Waals surface area contributed by atoms with E-state index < -0.39 is 11.5 Å². The van der Waals surface area contributed by atoms with Crippen molar-refractivity contribution in [1.29, 1.82) is 0 Å². The molecule has 1 N–H and O–H groups in total. The second-order valence-corrected chi connectivity index (χ2v) is 6.57. The van der Waals surface area contributed by atoms with Crippen LogP contribution in [0.4, 0.5) is 0 Å². The van der Waals surface area contributed by atoms with E-state index in [1.165, 1.54) is 4.90 Å². The Balaban J connectivity index is 2.16. The van der Waals surface area contributed by atoms with Crippen LogP contribution in [0.2, 0.25) is 0 Å². The molecule has 1 fully saturated rings. The monoisotopic (exact) mass is 293 g/mol. The lowest BCUT2D eigenvalue weighted by atomic mass is 9.99. The number of carbonyl (C=O) groups excluding carboxylic acids is 1. The zero-order chi connectivity index (χ0) is 14.8. The minimum Gasteiger partial charge on any atom is -0.480 e. The number of aliphatic carboxylic acids is 1. The molecular formula is C15H19NO3S. The van der Waals surface area contributed by atoms with Gasteiger partial charge in [0.2, 0.25) is 5.91 Å². The molecule has 0 aromatic heterocycles. The summed E-state index contributed by atoms with van der Waals surface area (Å²) in [6, 6.07) is 9.89. The molecule has 2 rings (SSSR count). The van der Waals surface area contributed by atoms with Gasteiger partial charge in [-0.15, -0.1) is 11.8 Å². The maximum Gasteiger partial charge on any atom is 0.329 e. The summed E-state index contributed by atoms with van der Waals surface area (Å²) in [7, 11) is 0. The molecule has 0 bridgehead atoms. The molecule has 1 aromatic carbocycles. The van der Waals surface area contributed by atoms with Crippen LogP contribution in [0.1, 0.15) is 26.7 Å². The van der Waals surface area contributed by atoms with Gasteiger partial charge in [0.15, 0.2) is 0 Å². The van der Waals surface area contributed by atoms with Crippen LogP contribution >= 0.6 is 11.8 Å².